The molecule has 160 valence electrons. The molecule has 3 aromatic rings. The van der Waals surface area contributed by atoms with Crippen LogP contribution < -0.4 is 0 Å². The van der Waals surface area contributed by atoms with Crippen LogP contribution in [-0.4, -0.2) is 58.4 Å². The lowest BCUT2D eigenvalue weighted by Crippen LogP contribution is -2.51. The molecular formula is C25H26FN3O2. The highest BCUT2D eigenvalue weighted by Crippen LogP contribution is 2.25. The van der Waals surface area contributed by atoms with Crippen molar-refractivity contribution in [3.63, 3.8) is 0 Å². The maximum Gasteiger partial charge on any atom is 0.262 e. The minimum absolute atomic E-state index is 0.0468. The molecule has 5 rings (SSSR count). The van der Waals surface area contributed by atoms with Gasteiger partial charge in [0.1, 0.15) is 5.82 Å². The van der Waals surface area contributed by atoms with Gasteiger partial charge in [0.05, 0.1) is 5.52 Å². The van der Waals surface area contributed by atoms with Crippen molar-refractivity contribution in [1.82, 2.24) is 14.4 Å². The monoisotopic (exact) mass is 419 g/mol. The Bertz CT molecular complexity index is 1110. The lowest BCUT2D eigenvalue weighted by molar-refractivity contribution is 0.0573. The number of carbonyl (C=O) groups is 2. The number of amides is 1. The number of rotatable bonds is 3. The zero-order chi connectivity index (χ0) is 21.4. The summed E-state index contributed by atoms with van der Waals surface area (Å²) in [4.78, 5) is 30.3. The summed E-state index contributed by atoms with van der Waals surface area (Å²) in [6.07, 6.45) is 6.93. The van der Waals surface area contributed by atoms with E-state index in [2.05, 4.69) is 4.90 Å². The number of aromatic nitrogens is 1. The fraction of sp³-hybridized carbons (Fsp3) is 0.360. The molecule has 0 N–H and O–H groups in total. The van der Waals surface area contributed by atoms with Gasteiger partial charge in [-0.05, 0) is 61.4 Å². The zero-order valence-electron chi connectivity index (χ0n) is 17.5. The van der Waals surface area contributed by atoms with Gasteiger partial charge in [-0.3, -0.25) is 19.1 Å². The van der Waals surface area contributed by atoms with Crippen LogP contribution in [-0.2, 0) is 0 Å². The van der Waals surface area contributed by atoms with Gasteiger partial charge in [0.15, 0.2) is 0 Å². The van der Waals surface area contributed by atoms with Gasteiger partial charge in [-0.1, -0.05) is 12.8 Å². The molecule has 5 nitrogen and oxygen atoms in total. The van der Waals surface area contributed by atoms with Crippen molar-refractivity contribution in [2.75, 3.05) is 26.2 Å². The van der Waals surface area contributed by atoms with Crippen LogP contribution in [0.3, 0.4) is 0 Å². The van der Waals surface area contributed by atoms with Gasteiger partial charge in [-0.15, -0.1) is 0 Å². The molecular weight excluding hydrogens is 393 g/mol. The normalized spacial score (nSPS) is 18.0. The second kappa shape index (κ2) is 8.27. The Balaban J connectivity index is 1.31. The molecule has 1 saturated heterocycles. The molecule has 1 amide bonds. The number of fused-ring (bicyclic) bond motifs is 1. The van der Waals surface area contributed by atoms with E-state index in [-0.39, 0.29) is 17.6 Å². The van der Waals surface area contributed by atoms with Crippen LogP contribution in [0.2, 0.25) is 0 Å². The SMILES string of the molecule is O=C(c1ccc2c(ccn2C(=O)c2ccc(F)cc2)c1)N1CCN(C2CCCC2)CC1. The third kappa shape index (κ3) is 3.88. The van der Waals surface area contributed by atoms with Gasteiger partial charge in [0, 0.05) is 54.9 Å². The van der Waals surface area contributed by atoms with E-state index in [1.807, 2.05) is 23.1 Å². The molecule has 2 aliphatic rings. The lowest BCUT2D eigenvalue weighted by atomic mass is 10.1. The Hall–Kier alpha value is -2.99. The third-order valence-electron chi connectivity index (χ3n) is 6.69. The van der Waals surface area contributed by atoms with Gasteiger partial charge in [0.2, 0.25) is 0 Å². The molecule has 0 radical (unpaired) electrons. The van der Waals surface area contributed by atoms with Gasteiger partial charge in [0.25, 0.3) is 11.8 Å². The standard InChI is InChI=1S/C25H26FN3O2/c26-21-8-5-18(6-9-21)25(31)29-12-11-19-17-20(7-10-23(19)29)24(30)28-15-13-27(14-16-28)22-3-1-2-4-22/h5-12,17,22H,1-4,13-16H2. The largest absolute Gasteiger partial charge is 0.336 e. The van der Waals surface area contributed by atoms with E-state index in [1.165, 1.54) is 54.5 Å². The molecule has 1 aromatic heterocycles. The van der Waals surface area contributed by atoms with Crippen LogP contribution in [0, 0.1) is 5.82 Å². The average molecular weight is 420 g/mol. The van der Waals surface area contributed by atoms with Crippen LogP contribution in [0.25, 0.3) is 10.9 Å². The molecule has 2 aromatic carbocycles. The maximum atomic E-state index is 13.2. The Morgan fingerprint density at radius 2 is 1.48 bits per heavy atom. The lowest BCUT2D eigenvalue weighted by Gasteiger charge is -2.38. The van der Waals surface area contributed by atoms with E-state index in [1.54, 1.807) is 12.3 Å². The van der Waals surface area contributed by atoms with Crippen LogP contribution in [0.5, 0.6) is 0 Å². The van der Waals surface area contributed by atoms with E-state index in [0.29, 0.717) is 17.2 Å². The molecule has 1 saturated carbocycles. The molecule has 31 heavy (non-hydrogen) atoms. The van der Waals surface area contributed by atoms with Crippen molar-refractivity contribution >= 4 is 22.7 Å². The number of benzene rings is 2. The van der Waals surface area contributed by atoms with Crippen molar-refractivity contribution in [1.29, 1.82) is 0 Å². The number of nitrogens with zero attached hydrogens (tertiary/aromatic N) is 3. The predicted molar refractivity (Wildman–Crippen MR) is 118 cm³/mol. The summed E-state index contributed by atoms with van der Waals surface area (Å²) in [5.74, 6) is -0.552. The summed E-state index contributed by atoms with van der Waals surface area (Å²) in [7, 11) is 0. The highest BCUT2D eigenvalue weighted by molar-refractivity contribution is 6.04. The van der Waals surface area contributed by atoms with Gasteiger partial charge < -0.3 is 4.90 Å². The molecule has 0 bridgehead atoms. The second-order valence-electron chi connectivity index (χ2n) is 8.54. The summed E-state index contributed by atoms with van der Waals surface area (Å²) < 4.78 is 14.7. The van der Waals surface area contributed by atoms with Crippen LogP contribution in [0.1, 0.15) is 46.4 Å². The highest BCUT2D eigenvalue weighted by atomic mass is 19.1. The van der Waals surface area contributed by atoms with Gasteiger partial charge in [-0.25, -0.2) is 4.39 Å². The Kier molecular flexibility index (Phi) is 5.32. The van der Waals surface area contributed by atoms with Crippen LogP contribution in [0.4, 0.5) is 4.39 Å². The van der Waals surface area contributed by atoms with Gasteiger partial charge in [-0.2, -0.15) is 0 Å². The first-order valence-electron chi connectivity index (χ1n) is 11.0. The summed E-state index contributed by atoms with van der Waals surface area (Å²) in [5.41, 5.74) is 1.80. The fourth-order valence-corrected chi connectivity index (χ4v) is 4.93. The third-order valence-corrected chi connectivity index (χ3v) is 6.69. The van der Waals surface area contributed by atoms with Crippen LogP contribution in [0.15, 0.2) is 54.7 Å². The summed E-state index contributed by atoms with van der Waals surface area (Å²) in [5, 5.41) is 0.839. The number of hydrogen-bond acceptors (Lipinski definition) is 3. The Labute approximate surface area is 181 Å². The quantitative estimate of drug-likeness (QED) is 0.640. The maximum absolute atomic E-state index is 13.2. The Morgan fingerprint density at radius 1 is 0.806 bits per heavy atom. The van der Waals surface area contributed by atoms with Crippen molar-refractivity contribution < 1.29 is 14.0 Å². The first-order valence-corrected chi connectivity index (χ1v) is 11.0. The Morgan fingerprint density at radius 3 is 2.19 bits per heavy atom. The molecule has 1 aliphatic heterocycles. The first kappa shape index (κ1) is 19.9. The molecule has 6 heteroatoms. The van der Waals surface area contributed by atoms with Gasteiger partial charge >= 0.3 is 0 Å². The number of hydrogen-bond donors (Lipinski definition) is 0. The second-order valence-corrected chi connectivity index (χ2v) is 8.54. The van der Waals surface area contributed by atoms with Crippen LogP contribution >= 0.6 is 0 Å². The van der Waals surface area contributed by atoms with E-state index in [0.717, 1.165) is 37.1 Å². The van der Waals surface area contributed by atoms with Crippen molar-refractivity contribution in [2.24, 2.45) is 0 Å². The minimum atomic E-state index is -0.374. The van der Waals surface area contributed by atoms with E-state index in [4.69, 9.17) is 0 Å². The van der Waals surface area contributed by atoms with Crippen molar-refractivity contribution in [3.8, 4) is 0 Å². The highest BCUT2D eigenvalue weighted by Gasteiger charge is 2.28. The molecule has 1 aliphatic carbocycles. The van der Waals surface area contributed by atoms with Crippen molar-refractivity contribution in [2.45, 2.75) is 31.7 Å². The molecule has 2 fully saturated rings. The molecule has 2 heterocycles. The molecule has 0 spiro atoms. The predicted octanol–water partition coefficient (Wildman–Crippen LogP) is 4.17. The number of carbonyl (C=O) groups excluding carboxylic acids is 2. The van der Waals surface area contributed by atoms with E-state index >= 15 is 0 Å². The van der Waals surface area contributed by atoms with E-state index in [9.17, 15) is 14.0 Å². The number of halogens is 1. The average Bonchev–Trinajstić information content (AvgIpc) is 3.49. The molecule has 0 atom stereocenters. The molecule has 0 unspecified atom stereocenters. The van der Waals surface area contributed by atoms with E-state index < -0.39 is 0 Å². The van der Waals surface area contributed by atoms with Crippen molar-refractivity contribution in [3.05, 3.63) is 71.7 Å². The first-order chi connectivity index (χ1) is 15.1. The smallest absolute Gasteiger partial charge is 0.262 e. The number of piperazine rings is 1. The zero-order valence-corrected chi connectivity index (χ0v) is 17.5. The fourth-order valence-electron chi connectivity index (χ4n) is 4.93. The summed E-state index contributed by atoms with van der Waals surface area (Å²) in [6, 6.07) is 13.5. The summed E-state index contributed by atoms with van der Waals surface area (Å²) >= 11 is 0. The topological polar surface area (TPSA) is 45.6 Å². The minimum Gasteiger partial charge on any atom is -0.336 e. The summed E-state index contributed by atoms with van der Waals surface area (Å²) in [6.45, 7) is 3.41.